The second kappa shape index (κ2) is 4.21. The summed E-state index contributed by atoms with van der Waals surface area (Å²) in [5.41, 5.74) is 7.13. The first-order valence-corrected chi connectivity index (χ1v) is 5.85. The van der Waals surface area contributed by atoms with E-state index in [1.807, 2.05) is 29.6 Å². The molecule has 0 spiro atoms. The molecule has 72 valence electrons. The first kappa shape index (κ1) is 9.83. The predicted molar refractivity (Wildman–Crippen MR) is 62.3 cm³/mol. The number of thiophene rings is 1. The van der Waals surface area contributed by atoms with Crippen molar-refractivity contribution in [2.45, 2.75) is 6.04 Å². The van der Waals surface area contributed by atoms with Crippen LogP contribution in [0.5, 0.6) is 0 Å². The van der Waals surface area contributed by atoms with Crippen LogP contribution in [0.15, 0.2) is 40.4 Å². The van der Waals surface area contributed by atoms with E-state index in [4.69, 9.17) is 5.73 Å². The van der Waals surface area contributed by atoms with Crippen LogP contribution >= 0.6 is 27.3 Å². The summed E-state index contributed by atoms with van der Waals surface area (Å²) < 4.78 is 0.820. The van der Waals surface area contributed by atoms with Gasteiger partial charge < -0.3 is 5.73 Å². The lowest BCUT2D eigenvalue weighted by molar-refractivity contribution is 0.874. The van der Waals surface area contributed by atoms with Crippen LogP contribution in [-0.2, 0) is 0 Å². The molecule has 2 aromatic heterocycles. The average Bonchev–Trinajstić information content (AvgIpc) is 2.70. The zero-order valence-electron chi connectivity index (χ0n) is 7.35. The molecule has 2 rings (SSSR count). The van der Waals surface area contributed by atoms with Crippen LogP contribution in [0.2, 0.25) is 0 Å². The van der Waals surface area contributed by atoms with Gasteiger partial charge in [0.2, 0.25) is 0 Å². The maximum Gasteiger partial charge on any atom is 0.111 e. The van der Waals surface area contributed by atoms with Gasteiger partial charge in [-0.15, -0.1) is 11.3 Å². The highest BCUT2D eigenvalue weighted by Gasteiger charge is 2.12. The Bertz CT molecular complexity index is 414. The van der Waals surface area contributed by atoms with Gasteiger partial charge in [0.25, 0.3) is 0 Å². The van der Waals surface area contributed by atoms with Gasteiger partial charge in [0.1, 0.15) is 4.60 Å². The maximum atomic E-state index is 6.10. The van der Waals surface area contributed by atoms with Gasteiger partial charge in [-0.2, -0.15) is 0 Å². The van der Waals surface area contributed by atoms with E-state index in [1.54, 1.807) is 17.5 Å². The minimum absolute atomic E-state index is 0.0851. The highest BCUT2D eigenvalue weighted by molar-refractivity contribution is 9.10. The highest BCUT2D eigenvalue weighted by Crippen LogP contribution is 2.27. The number of nitrogens with zero attached hydrogens (tertiary/aromatic N) is 1. The van der Waals surface area contributed by atoms with E-state index in [2.05, 4.69) is 20.9 Å². The predicted octanol–water partition coefficient (Wildman–Crippen LogP) is 2.95. The Morgan fingerprint density at radius 2 is 2.21 bits per heavy atom. The molecule has 0 saturated carbocycles. The maximum absolute atomic E-state index is 6.10. The number of pyridine rings is 1. The normalized spacial score (nSPS) is 12.7. The molecule has 2 N–H and O–H groups in total. The number of hydrogen-bond donors (Lipinski definition) is 1. The Kier molecular flexibility index (Phi) is 2.96. The smallest absolute Gasteiger partial charge is 0.111 e. The van der Waals surface area contributed by atoms with Gasteiger partial charge in [0.05, 0.1) is 6.04 Å². The Morgan fingerprint density at radius 3 is 2.86 bits per heavy atom. The summed E-state index contributed by atoms with van der Waals surface area (Å²) in [5.74, 6) is 0. The van der Waals surface area contributed by atoms with Crippen molar-refractivity contribution in [3.63, 3.8) is 0 Å². The number of hydrogen-bond acceptors (Lipinski definition) is 3. The molecule has 0 unspecified atom stereocenters. The molecule has 14 heavy (non-hydrogen) atoms. The van der Waals surface area contributed by atoms with E-state index in [-0.39, 0.29) is 6.04 Å². The highest BCUT2D eigenvalue weighted by atomic mass is 79.9. The lowest BCUT2D eigenvalue weighted by Gasteiger charge is -2.10. The van der Waals surface area contributed by atoms with Crippen molar-refractivity contribution in [2.75, 3.05) is 0 Å². The molecule has 2 nitrogen and oxygen atoms in total. The molecule has 0 saturated heterocycles. The Hall–Kier alpha value is -0.710. The molecule has 0 fully saturated rings. The monoisotopic (exact) mass is 268 g/mol. The van der Waals surface area contributed by atoms with Gasteiger partial charge in [-0.25, -0.2) is 4.98 Å². The second-order valence-electron chi connectivity index (χ2n) is 2.88. The molecule has 2 heterocycles. The summed E-state index contributed by atoms with van der Waals surface area (Å²) in [6, 6.07) is 7.84. The van der Waals surface area contributed by atoms with E-state index in [1.165, 1.54) is 0 Å². The summed E-state index contributed by atoms with van der Waals surface area (Å²) in [4.78, 5) is 5.30. The average molecular weight is 269 g/mol. The molecule has 1 atom stereocenters. The summed E-state index contributed by atoms with van der Waals surface area (Å²) in [7, 11) is 0. The molecule has 0 aliphatic heterocycles. The van der Waals surface area contributed by atoms with Crippen molar-refractivity contribution < 1.29 is 0 Å². The summed E-state index contributed by atoms with van der Waals surface area (Å²) >= 11 is 5.06. The number of aromatic nitrogens is 1. The minimum atomic E-state index is -0.0851. The van der Waals surface area contributed by atoms with Crippen molar-refractivity contribution in [1.82, 2.24) is 4.98 Å². The third-order valence-electron chi connectivity index (χ3n) is 1.97. The molecule has 0 amide bonds. The molecule has 0 radical (unpaired) electrons. The van der Waals surface area contributed by atoms with Crippen LogP contribution in [0.3, 0.4) is 0 Å². The van der Waals surface area contributed by atoms with Gasteiger partial charge in [-0.05, 0) is 33.4 Å². The summed E-state index contributed by atoms with van der Waals surface area (Å²) in [6.45, 7) is 0. The molecule has 4 heteroatoms. The molecule has 0 aliphatic carbocycles. The third-order valence-corrected chi connectivity index (χ3v) is 3.59. The van der Waals surface area contributed by atoms with Crippen LogP contribution < -0.4 is 5.73 Å². The van der Waals surface area contributed by atoms with Gasteiger partial charge in [0.15, 0.2) is 0 Å². The topological polar surface area (TPSA) is 38.9 Å². The van der Waals surface area contributed by atoms with E-state index in [9.17, 15) is 0 Å². The Morgan fingerprint density at radius 1 is 1.36 bits per heavy atom. The minimum Gasteiger partial charge on any atom is -0.320 e. The summed E-state index contributed by atoms with van der Waals surface area (Å²) in [5, 5.41) is 2.03. The molecule has 0 bridgehead atoms. The first-order chi connectivity index (χ1) is 6.79. The van der Waals surface area contributed by atoms with E-state index in [0.717, 1.165) is 15.0 Å². The molecular formula is C10H9BrN2S. The van der Waals surface area contributed by atoms with Crippen molar-refractivity contribution in [1.29, 1.82) is 0 Å². The number of halogens is 1. The zero-order valence-corrected chi connectivity index (χ0v) is 9.75. The van der Waals surface area contributed by atoms with Crippen molar-refractivity contribution in [2.24, 2.45) is 5.73 Å². The summed E-state index contributed by atoms with van der Waals surface area (Å²) in [6.07, 6.45) is 1.74. The van der Waals surface area contributed by atoms with Crippen molar-refractivity contribution >= 4 is 27.3 Å². The van der Waals surface area contributed by atoms with Crippen molar-refractivity contribution in [3.8, 4) is 0 Å². The molecule has 0 aliphatic rings. The number of rotatable bonds is 2. The quantitative estimate of drug-likeness (QED) is 0.851. The van der Waals surface area contributed by atoms with E-state index < -0.39 is 0 Å². The zero-order chi connectivity index (χ0) is 9.97. The van der Waals surface area contributed by atoms with Gasteiger partial charge in [-0.1, -0.05) is 12.1 Å². The third kappa shape index (κ3) is 1.87. The van der Waals surface area contributed by atoms with Crippen LogP contribution in [0.4, 0.5) is 0 Å². The fraction of sp³-hybridized carbons (Fsp3) is 0.100. The Balaban J connectivity index is 2.37. The molecular weight excluding hydrogens is 260 g/mol. The van der Waals surface area contributed by atoms with E-state index >= 15 is 0 Å². The van der Waals surface area contributed by atoms with Crippen LogP contribution in [0.1, 0.15) is 16.5 Å². The lowest BCUT2D eigenvalue weighted by Crippen LogP contribution is -2.11. The largest absolute Gasteiger partial charge is 0.320 e. The lowest BCUT2D eigenvalue weighted by atomic mass is 10.1. The fourth-order valence-corrected chi connectivity index (χ4v) is 2.49. The van der Waals surface area contributed by atoms with Gasteiger partial charge in [0, 0.05) is 16.6 Å². The standard InChI is InChI=1S/C10H9BrN2S/c11-10-7(3-1-5-13-10)9(12)8-4-2-6-14-8/h1-6,9H,12H2/t9-/m0/s1. The first-order valence-electron chi connectivity index (χ1n) is 4.18. The van der Waals surface area contributed by atoms with Crippen LogP contribution in [-0.4, -0.2) is 4.98 Å². The Labute approximate surface area is 94.9 Å². The van der Waals surface area contributed by atoms with Crippen molar-refractivity contribution in [3.05, 3.63) is 50.9 Å². The SMILES string of the molecule is N[C@H](c1cccs1)c1cccnc1Br. The van der Waals surface area contributed by atoms with Crippen LogP contribution in [0.25, 0.3) is 0 Å². The van der Waals surface area contributed by atoms with Gasteiger partial charge >= 0.3 is 0 Å². The van der Waals surface area contributed by atoms with Gasteiger partial charge in [-0.3, -0.25) is 0 Å². The fourth-order valence-electron chi connectivity index (χ4n) is 1.25. The molecule has 2 aromatic rings. The van der Waals surface area contributed by atoms with Crippen LogP contribution in [0, 0.1) is 0 Å². The van der Waals surface area contributed by atoms with E-state index in [0.29, 0.717) is 0 Å². The molecule has 0 aromatic carbocycles. The second-order valence-corrected chi connectivity index (χ2v) is 4.61. The number of nitrogens with two attached hydrogens (primary N) is 1.